The minimum absolute atomic E-state index is 0.544. The summed E-state index contributed by atoms with van der Waals surface area (Å²) in [5, 5.41) is 7.23. The van der Waals surface area contributed by atoms with Gasteiger partial charge in [0.2, 0.25) is 0 Å². The van der Waals surface area contributed by atoms with Crippen LogP contribution in [0.25, 0.3) is 5.57 Å². The van der Waals surface area contributed by atoms with Crippen molar-refractivity contribution in [3.8, 4) is 0 Å². The first kappa shape index (κ1) is 13.1. The van der Waals surface area contributed by atoms with Crippen LogP contribution in [0, 0.1) is 5.41 Å². The van der Waals surface area contributed by atoms with Crippen LogP contribution in [0.5, 0.6) is 0 Å². The van der Waals surface area contributed by atoms with E-state index in [1.165, 1.54) is 24.6 Å². The lowest BCUT2D eigenvalue weighted by Gasteiger charge is -2.30. The molecule has 20 heavy (non-hydrogen) atoms. The van der Waals surface area contributed by atoms with Crippen LogP contribution < -0.4 is 5.73 Å². The summed E-state index contributed by atoms with van der Waals surface area (Å²) in [5.41, 5.74) is 9.44. The number of rotatable bonds is 3. The second-order valence-corrected chi connectivity index (χ2v) is 5.39. The van der Waals surface area contributed by atoms with Gasteiger partial charge in [-0.05, 0) is 36.5 Å². The predicted octanol–water partition coefficient (Wildman–Crippen LogP) is 2.47. The smallest absolute Gasteiger partial charge is 0.103 e. The van der Waals surface area contributed by atoms with Crippen molar-refractivity contribution in [3.05, 3.63) is 41.7 Å². The number of hydrogen-bond acceptors (Lipinski definition) is 4. The van der Waals surface area contributed by atoms with Crippen molar-refractivity contribution < 1.29 is 0 Å². The summed E-state index contributed by atoms with van der Waals surface area (Å²) >= 11 is 0. The molecule has 1 unspecified atom stereocenters. The molecule has 4 nitrogen and oxygen atoms in total. The van der Waals surface area contributed by atoms with E-state index in [9.17, 15) is 0 Å². The maximum absolute atomic E-state index is 7.23. The Morgan fingerprint density at radius 1 is 1.45 bits per heavy atom. The van der Waals surface area contributed by atoms with E-state index in [0.29, 0.717) is 17.4 Å². The van der Waals surface area contributed by atoms with Gasteiger partial charge in [-0.2, -0.15) is 0 Å². The highest BCUT2D eigenvalue weighted by atomic mass is 15.2. The van der Waals surface area contributed by atoms with Crippen molar-refractivity contribution in [2.75, 3.05) is 18.8 Å². The Labute approximate surface area is 119 Å². The third-order valence-corrected chi connectivity index (χ3v) is 4.15. The molecule has 0 aromatic carbocycles. The first-order valence-electron chi connectivity index (χ1n) is 7.14. The second-order valence-electron chi connectivity index (χ2n) is 5.39. The van der Waals surface area contributed by atoms with Crippen molar-refractivity contribution in [3.63, 3.8) is 0 Å². The average Bonchev–Trinajstić information content (AvgIpc) is 3.01. The molecule has 1 atom stereocenters. The molecule has 0 fully saturated rings. The Hall–Kier alpha value is -1.94. The molecule has 0 radical (unpaired) electrons. The van der Waals surface area contributed by atoms with Crippen molar-refractivity contribution >= 4 is 17.5 Å². The Morgan fingerprint density at radius 2 is 2.35 bits per heavy atom. The van der Waals surface area contributed by atoms with E-state index < -0.39 is 0 Å². The highest BCUT2D eigenvalue weighted by Crippen LogP contribution is 2.26. The maximum atomic E-state index is 7.23. The van der Waals surface area contributed by atoms with E-state index in [2.05, 4.69) is 28.1 Å². The Morgan fingerprint density at radius 3 is 2.95 bits per heavy atom. The Balaban J connectivity index is 1.74. The Bertz CT molecular complexity index is 574. The summed E-state index contributed by atoms with van der Waals surface area (Å²) in [6, 6.07) is 2.56. The van der Waals surface area contributed by atoms with Crippen molar-refractivity contribution in [1.82, 2.24) is 9.88 Å². The van der Waals surface area contributed by atoms with Gasteiger partial charge < -0.3 is 11.1 Å². The summed E-state index contributed by atoms with van der Waals surface area (Å²) in [4.78, 5) is 6.76. The zero-order valence-corrected chi connectivity index (χ0v) is 11.5. The van der Waals surface area contributed by atoms with Crippen LogP contribution in [0.3, 0.4) is 0 Å². The lowest BCUT2D eigenvalue weighted by Crippen LogP contribution is -2.36. The second kappa shape index (κ2) is 5.59. The van der Waals surface area contributed by atoms with Gasteiger partial charge >= 0.3 is 0 Å². The number of anilines is 1. The fourth-order valence-corrected chi connectivity index (χ4v) is 2.96. The quantitative estimate of drug-likeness (QED) is 0.653. The van der Waals surface area contributed by atoms with Crippen LogP contribution in [0.2, 0.25) is 0 Å². The van der Waals surface area contributed by atoms with Gasteiger partial charge in [0.1, 0.15) is 5.69 Å². The van der Waals surface area contributed by atoms with Crippen molar-refractivity contribution in [2.24, 2.45) is 0 Å². The predicted molar refractivity (Wildman–Crippen MR) is 82.9 cm³/mol. The third kappa shape index (κ3) is 2.51. The molecule has 3 N–H and O–H groups in total. The first-order valence-corrected chi connectivity index (χ1v) is 7.14. The van der Waals surface area contributed by atoms with Crippen molar-refractivity contribution in [2.45, 2.75) is 25.3 Å². The van der Waals surface area contributed by atoms with E-state index in [4.69, 9.17) is 11.1 Å². The molecule has 0 spiro atoms. The van der Waals surface area contributed by atoms with Crippen molar-refractivity contribution in [1.29, 1.82) is 5.41 Å². The SMILES string of the molecule is N=Cc1ncc(C2=CCN(C3C=CCC3)CC2)cc1N. The number of allylic oxidation sites excluding steroid dienone is 1. The van der Waals surface area contributed by atoms with Crippen LogP contribution in [-0.2, 0) is 0 Å². The van der Waals surface area contributed by atoms with E-state index in [0.717, 1.165) is 25.1 Å². The molecule has 3 rings (SSSR count). The number of hydrogen-bond donors (Lipinski definition) is 2. The minimum atomic E-state index is 0.544. The van der Waals surface area contributed by atoms with Crippen LogP contribution in [0.4, 0.5) is 5.69 Å². The van der Waals surface area contributed by atoms with Gasteiger partial charge in [-0.15, -0.1) is 0 Å². The third-order valence-electron chi connectivity index (χ3n) is 4.15. The molecule has 2 aliphatic rings. The molecule has 0 saturated carbocycles. The minimum Gasteiger partial charge on any atom is -0.397 e. The van der Waals surface area contributed by atoms with Gasteiger partial charge in [-0.25, -0.2) is 0 Å². The Kier molecular flexibility index (Phi) is 3.65. The zero-order valence-electron chi connectivity index (χ0n) is 11.5. The summed E-state index contributed by atoms with van der Waals surface area (Å²) in [6.07, 6.45) is 13.4. The molecule has 0 amide bonds. The molecular formula is C16H20N4. The normalized spacial score (nSPS) is 22.8. The molecule has 1 aliphatic heterocycles. The van der Waals surface area contributed by atoms with E-state index in [1.807, 2.05) is 12.3 Å². The van der Waals surface area contributed by atoms with Gasteiger partial charge in [-0.1, -0.05) is 18.2 Å². The van der Waals surface area contributed by atoms with Gasteiger partial charge in [-0.3, -0.25) is 9.88 Å². The number of nitrogens with zero attached hydrogens (tertiary/aromatic N) is 2. The lowest BCUT2D eigenvalue weighted by molar-refractivity contribution is 0.250. The molecule has 2 heterocycles. The summed E-state index contributed by atoms with van der Waals surface area (Å²) in [5.74, 6) is 0. The van der Waals surface area contributed by atoms with E-state index >= 15 is 0 Å². The number of aromatic nitrogens is 1. The van der Waals surface area contributed by atoms with E-state index in [1.54, 1.807) is 0 Å². The topological polar surface area (TPSA) is 66.0 Å². The van der Waals surface area contributed by atoms with Gasteiger partial charge in [0.15, 0.2) is 0 Å². The monoisotopic (exact) mass is 268 g/mol. The number of pyridine rings is 1. The lowest BCUT2D eigenvalue weighted by atomic mass is 9.99. The summed E-state index contributed by atoms with van der Waals surface area (Å²) in [6.45, 7) is 2.09. The molecule has 1 aromatic heterocycles. The maximum Gasteiger partial charge on any atom is 0.103 e. The number of nitrogen functional groups attached to an aromatic ring is 1. The van der Waals surface area contributed by atoms with Crippen LogP contribution in [-0.4, -0.2) is 35.2 Å². The average molecular weight is 268 g/mol. The fourth-order valence-electron chi connectivity index (χ4n) is 2.96. The summed E-state index contributed by atoms with van der Waals surface area (Å²) in [7, 11) is 0. The van der Waals surface area contributed by atoms with Gasteiger partial charge in [0.05, 0.1) is 5.69 Å². The molecule has 1 aromatic rings. The standard InChI is InChI=1S/C16H20N4/c17-10-16-15(18)9-13(11-19-16)12-5-7-20(8-6-12)14-3-1-2-4-14/h1,3,5,9-11,14,17H,2,4,6-8,18H2. The highest BCUT2D eigenvalue weighted by molar-refractivity contribution is 5.83. The molecule has 0 saturated heterocycles. The van der Waals surface area contributed by atoms with E-state index in [-0.39, 0.29) is 0 Å². The molecular weight excluding hydrogens is 248 g/mol. The van der Waals surface area contributed by atoms with Gasteiger partial charge in [0.25, 0.3) is 0 Å². The van der Waals surface area contributed by atoms with Crippen LogP contribution in [0.15, 0.2) is 30.5 Å². The molecule has 1 aliphatic carbocycles. The summed E-state index contributed by atoms with van der Waals surface area (Å²) < 4.78 is 0. The number of nitrogens with one attached hydrogen (secondary N) is 1. The zero-order chi connectivity index (χ0) is 13.9. The molecule has 0 bridgehead atoms. The van der Waals surface area contributed by atoms with Crippen LogP contribution in [0.1, 0.15) is 30.5 Å². The fraction of sp³-hybridized carbons (Fsp3) is 0.375. The molecule has 104 valence electrons. The van der Waals surface area contributed by atoms with Gasteiger partial charge in [0, 0.05) is 31.5 Å². The first-order chi connectivity index (χ1) is 9.78. The number of nitrogens with two attached hydrogens (primary N) is 1. The van der Waals surface area contributed by atoms with Crippen LogP contribution >= 0.6 is 0 Å². The highest BCUT2D eigenvalue weighted by Gasteiger charge is 2.21. The molecule has 4 heteroatoms. The largest absolute Gasteiger partial charge is 0.397 e.